The van der Waals surface area contributed by atoms with Crippen LogP contribution in [0, 0.1) is 12.7 Å². The first-order valence-corrected chi connectivity index (χ1v) is 8.89. The quantitative estimate of drug-likeness (QED) is 0.367. The predicted octanol–water partition coefficient (Wildman–Crippen LogP) is 3.65. The molecule has 2 rings (SSSR count). The van der Waals surface area contributed by atoms with Gasteiger partial charge in [0.25, 0.3) is 5.56 Å². The molecule has 0 saturated heterocycles. The molecule has 0 saturated carbocycles. The number of hydrogen-bond donors (Lipinski definition) is 0. The summed E-state index contributed by atoms with van der Waals surface area (Å²) in [5, 5.41) is 2.58. The maximum absolute atomic E-state index is 14.4. The molecule has 1 heterocycles. The molecule has 0 aliphatic rings. The van der Waals surface area contributed by atoms with Gasteiger partial charge in [0.1, 0.15) is 10.7 Å². The lowest BCUT2D eigenvalue weighted by Crippen LogP contribution is -2.28. The van der Waals surface area contributed by atoms with Crippen LogP contribution in [0.2, 0.25) is 5.02 Å². The van der Waals surface area contributed by atoms with Gasteiger partial charge in [0.15, 0.2) is 12.4 Å². The molecule has 2 aromatic rings. The molecule has 0 N–H and O–H groups in total. The summed E-state index contributed by atoms with van der Waals surface area (Å²) in [6.07, 6.45) is -3.48. The van der Waals surface area contributed by atoms with E-state index in [2.05, 4.69) is 14.6 Å². The van der Waals surface area contributed by atoms with Gasteiger partial charge in [-0.3, -0.25) is 4.79 Å². The predicted molar refractivity (Wildman–Crippen MR) is 101 cm³/mol. The fraction of sp³-hybridized carbons (Fsp3) is 0.222. The van der Waals surface area contributed by atoms with Crippen molar-refractivity contribution >= 4 is 41.2 Å². The van der Waals surface area contributed by atoms with Crippen LogP contribution in [0.25, 0.3) is 11.8 Å². The maximum Gasteiger partial charge on any atom is 0.418 e. The van der Waals surface area contributed by atoms with E-state index in [1.165, 1.54) is 0 Å². The number of nitrogens with zero attached hydrogens (tertiary/aromatic N) is 2. The van der Waals surface area contributed by atoms with Gasteiger partial charge in [0, 0.05) is 5.56 Å². The normalized spacial score (nSPS) is 11.9. The second-order valence-electron chi connectivity index (χ2n) is 5.87. The Kier molecular flexibility index (Phi) is 7.45. The van der Waals surface area contributed by atoms with Crippen molar-refractivity contribution in [1.29, 1.82) is 0 Å². The molecule has 13 heteroatoms. The first-order valence-electron chi connectivity index (χ1n) is 8.13. The Morgan fingerprint density at radius 2 is 1.94 bits per heavy atom. The highest BCUT2D eigenvalue weighted by molar-refractivity contribution is 6.43. The minimum Gasteiger partial charge on any atom is -0.466 e. The smallest absolute Gasteiger partial charge is 0.418 e. The van der Waals surface area contributed by atoms with Crippen molar-refractivity contribution in [3.8, 4) is 5.69 Å². The molecule has 0 aliphatic heterocycles. The molecule has 166 valence electrons. The van der Waals surface area contributed by atoms with Gasteiger partial charge >= 0.3 is 18.1 Å². The highest BCUT2D eigenvalue weighted by atomic mass is 35.5. The van der Waals surface area contributed by atoms with E-state index in [0.29, 0.717) is 10.9 Å². The zero-order valence-electron chi connectivity index (χ0n) is 15.7. The standard InChI is InChI=1S/C18H12Cl2F4N2O5/c1-8-10(18(22,23)24)6-25-26(16(8)28)14-4-9(11(19)5-13(14)21)3-12(20)17(29)31-7-15(27)30-2/h3-6H,7H2,1-2H3/b12-3-. The number of benzene rings is 1. The van der Waals surface area contributed by atoms with Gasteiger partial charge in [-0.25, -0.2) is 14.0 Å². The number of carbonyl (C=O) groups excluding carboxylic acids is 2. The summed E-state index contributed by atoms with van der Waals surface area (Å²) < 4.78 is 62.5. The largest absolute Gasteiger partial charge is 0.466 e. The van der Waals surface area contributed by atoms with E-state index in [1.807, 2.05) is 0 Å². The number of carbonyl (C=O) groups is 2. The van der Waals surface area contributed by atoms with E-state index in [1.54, 1.807) is 0 Å². The summed E-state index contributed by atoms with van der Waals surface area (Å²) in [5.74, 6) is -3.04. The summed E-state index contributed by atoms with van der Waals surface area (Å²) in [6, 6.07) is 1.71. The zero-order valence-corrected chi connectivity index (χ0v) is 17.2. The molecule has 0 bridgehead atoms. The highest BCUT2D eigenvalue weighted by Crippen LogP contribution is 2.30. The van der Waals surface area contributed by atoms with Gasteiger partial charge in [0.05, 0.1) is 23.9 Å². The van der Waals surface area contributed by atoms with Gasteiger partial charge < -0.3 is 9.47 Å². The van der Waals surface area contributed by atoms with Crippen molar-refractivity contribution in [2.45, 2.75) is 13.1 Å². The van der Waals surface area contributed by atoms with Crippen molar-refractivity contribution in [2.24, 2.45) is 0 Å². The maximum atomic E-state index is 14.4. The van der Waals surface area contributed by atoms with Crippen LogP contribution in [-0.4, -0.2) is 35.4 Å². The molecular formula is C18H12Cl2F4N2O5. The number of esters is 2. The summed E-state index contributed by atoms with van der Waals surface area (Å²) >= 11 is 11.7. The first kappa shape index (κ1) is 24.4. The summed E-state index contributed by atoms with van der Waals surface area (Å²) in [5.41, 5.74) is -3.79. The number of ether oxygens (including phenoxy) is 2. The fourth-order valence-corrected chi connectivity index (χ4v) is 2.65. The lowest BCUT2D eigenvalue weighted by atomic mass is 10.1. The van der Waals surface area contributed by atoms with E-state index in [4.69, 9.17) is 23.2 Å². The molecule has 0 spiro atoms. The first-order chi connectivity index (χ1) is 14.4. The average Bonchev–Trinajstić information content (AvgIpc) is 2.69. The van der Waals surface area contributed by atoms with Gasteiger partial charge in [-0.05, 0) is 30.7 Å². The minimum absolute atomic E-state index is 0.0793. The summed E-state index contributed by atoms with van der Waals surface area (Å²) in [4.78, 5) is 35.1. The monoisotopic (exact) mass is 482 g/mol. The number of hydrogen-bond acceptors (Lipinski definition) is 6. The van der Waals surface area contributed by atoms with Crippen molar-refractivity contribution in [3.63, 3.8) is 0 Å². The van der Waals surface area contributed by atoms with E-state index in [-0.39, 0.29) is 10.6 Å². The lowest BCUT2D eigenvalue weighted by molar-refractivity contribution is -0.154. The Morgan fingerprint density at radius 1 is 1.29 bits per heavy atom. The second-order valence-corrected chi connectivity index (χ2v) is 6.68. The molecule has 7 nitrogen and oxygen atoms in total. The molecule has 1 aromatic carbocycles. The molecular weight excluding hydrogens is 471 g/mol. The molecule has 0 radical (unpaired) electrons. The minimum atomic E-state index is -4.82. The average molecular weight is 483 g/mol. The topological polar surface area (TPSA) is 87.5 Å². The number of aromatic nitrogens is 2. The van der Waals surface area contributed by atoms with Gasteiger partial charge in [-0.2, -0.15) is 23.0 Å². The third kappa shape index (κ3) is 5.61. The van der Waals surface area contributed by atoms with Crippen molar-refractivity contribution in [1.82, 2.24) is 9.78 Å². The van der Waals surface area contributed by atoms with Gasteiger partial charge in [-0.15, -0.1) is 0 Å². The van der Waals surface area contributed by atoms with Crippen LogP contribution in [0.15, 0.2) is 28.2 Å². The SMILES string of the molecule is COC(=O)COC(=O)/C(Cl)=C/c1cc(-n2ncc(C(F)(F)F)c(C)c2=O)c(F)cc1Cl. The number of halogens is 6. The molecule has 0 fully saturated rings. The number of rotatable bonds is 5. The molecule has 0 amide bonds. The molecule has 31 heavy (non-hydrogen) atoms. The summed E-state index contributed by atoms with van der Waals surface area (Å²) in [7, 11) is 1.08. The Hall–Kier alpha value is -2.92. The third-order valence-corrected chi connectivity index (χ3v) is 4.44. The Balaban J connectivity index is 2.49. The molecule has 1 aromatic heterocycles. The van der Waals surface area contributed by atoms with Crippen molar-refractivity contribution in [3.05, 3.63) is 61.2 Å². The van der Waals surface area contributed by atoms with E-state index in [0.717, 1.165) is 32.2 Å². The van der Waals surface area contributed by atoms with Gasteiger partial charge in [0.2, 0.25) is 0 Å². The van der Waals surface area contributed by atoms with Crippen LogP contribution < -0.4 is 5.56 Å². The van der Waals surface area contributed by atoms with E-state index < -0.39 is 57.9 Å². The fourth-order valence-electron chi connectivity index (χ4n) is 2.27. The molecule has 0 unspecified atom stereocenters. The molecule has 0 aliphatic carbocycles. The van der Waals surface area contributed by atoms with Crippen molar-refractivity contribution in [2.75, 3.05) is 13.7 Å². The van der Waals surface area contributed by atoms with Crippen LogP contribution >= 0.6 is 23.2 Å². The lowest BCUT2D eigenvalue weighted by Gasteiger charge is -2.13. The Bertz CT molecular complexity index is 1130. The highest BCUT2D eigenvalue weighted by Gasteiger charge is 2.34. The zero-order chi connectivity index (χ0) is 23.5. The van der Waals surface area contributed by atoms with E-state index >= 15 is 0 Å². The van der Waals surface area contributed by atoms with Crippen LogP contribution in [0.4, 0.5) is 17.6 Å². The Morgan fingerprint density at radius 3 is 2.52 bits per heavy atom. The number of methoxy groups -OCH3 is 1. The molecule has 0 atom stereocenters. The van der Waals surface area contributed by atoms with Crippen LogP contribution in [0.5, 0.6) is 0 Å². The van der Waals surface area contributed by atoms with Crippen molar-refractivity contribution < 1.29 is 36.6 Å². The number of alkyl halides is 3. The third-order valence-electron chi connectivity index (χ3n) is 3.85. The van der Waals surface area contributed by atoms with Gasteiger partial charge in [-0.1, -0.05) is 23.2 Å². The van der Waals surface area contributed by atoms with Crippen LogP contribution in [-0.2, 0) is 25.2 Å². The Labute approximate surface area is 181 Å². The second kappa shape index (κ2) is 9.48. The summed E-state index contributed by atoms with van der Waals surface area (Å²) in [6.45, 7) is 0.206. The van der Waals surface area contributed by atoms with E-state index in [9.17, 15) is 31.9 Å². The van der Waals surface area contributed by atoms with Crippen LogP contribution in [0.1, 0.15) is 16.7 Å². The van der Waals surface area contributed by atoms with Crippen LogP contribution in [0.3, 0.4) is 0 Å².